The van der Waals surface area contributed by atoms with Crippen LogP contribution >= 0.6 is 0 Å². The Labute approximate surface area is 111 Å². The van der Waals surface area contributed by atoms with E-state index in [0.29, 0.717) is 12.2 Å². The van der Waals surface area contributed by atoms with E-state index in [-0.39, 0.29) is 11.8 Å². The first-order valence-electron chi connectivity index (χ1n) is 6.65. The van der Waals surface area contributed by atoms with Crippen molar-refractivity contribution in [2.45, 2.75) is 50.7 Å². The van der Waals surface area contributed by atoms with Crippen LogP contribution < -0.4 is 5.32 Å². The van der Waals surface area contributed by atoms with E-state index >= 15 is 0 Å². The van der Waals surface area contributed by atoms with E-state index in [0.717, 1.165) is 25.7 Å². The Bertz CT molecular complexity index is 491. The van der Waals surface area contributed by atoms with Crippen molar-refractivity contribution in [1.29, 1.82) is 0 Å². The molecule has 1 N–H and O–H groups in total. The van der Waals surface area contributed by atoms with Gasteiger partial charge in [0, 0.05) is 6.07 Å². The number of hydrogen-bond donors (Lipinski definition) is 1. The smallest absolute Gasteiger partial charge is 0.249 e. The van der Waals surface area contributed by atoms with Crippen molar-refractivity contribution in [3.63, 3.8) is 0 Å². The molecule has 2 fully saturated rings. The summed E-state index contributed by atoms with van der Waals surface area (Å²) >= 11 is 0. The molecule has 1 aromatic rings. The average molecular weight is 263 g/mol. The fraction of sp³-hybridized carbons (Fsp3) is 0.615. The summed E-state index contributed by atoms with van der Waals surface area (Å²) in [4.78, 5) is 26.4. The predicted molar refractivity (Wildman–Crippen MR) is 65.9 cm³/mol. The summed E-state index contributed by atoms with van der Waals surface area (Å²) in [5, 5.41) is 6.75. The van der Waals surface area contributed by atoms with Crippen molar-refractivity contribution >= 4 is 11.8 Å². The lowest BCUT2D eigenvalue weighted by atomic mass is 9.91. The van der Waals surface area contributed by atoms with Gasteiger partial charge in [-0.3, -0.25) is 9.59 Å². The van der Waals surface area contributed by atoms with Crippen LogP contribution in [0, 0.1) is 0 Å². The molecule has 1 aliphatic heterocycles. The molecule has 2 amide bonds. The van der Waals surface area contributed by atoms with Gasteiger partial charge in [-0.05, 0) is 19.8 Å². The molecule has 1 spiro atoms. The van der Waals surface area contributed by atoms with Crippen molar-refractivity contribution in [2.24, 2.45) is 0 Å². The minimum Gasteiger partial charge on any atom is -0.364 e. The van der Waals surface area contributed by atoms with Crippen molar-refractivity contribution in [3.05, 3.63) is 18.0 Å². The lowest BCUT2D eigenvalue weighted by molar-refractivity contribution is -0.154. The first-order valence-corrected chi connectivity index (χ1v) is 6.65. The van der Waals surface area contributed by atoms with Crippen molar-refractivity contribution in [3.8, 4) is 0 Å². The molecule has 0 aromatic carbocycles. The largest absolute Gasteiger partial charge is 0.364 e. The van der Waals surface area contributed by atoms with Crippen LogP contribution in [0.1, 0.15) is 38.3 Å². The zero-order chi connectivity index (χ0) is 13.5. The number of hydrogen-bond acceptors (Lipinski definition) is 4. The Hall–Kier alpha value is -1.85. The molecule has 0 bridgehead atoms. The van der Waals surface area contributed by atoms with Gasteiger partial charge in [-0.25, -0.2) is 0 Å². The summed E-state index contributed by atoms with van der Waals surface area (Å²) < 4.78 is 4.78. The van der Waals surface area contributed by atoms with Crippen LogP contribution in [-0.2, 0) is 16.1 Å². The molecule has 6 nitrogen and oxygen atoms in total. The highest BCUT2D eigenvalue weighted by Gasteiger charge is 2.50. The number of carbonyl (C=O) groups is 2. The zero-order valence-electron chi connectivity index (χ0n) is 10.9. The number of nitrogens with one attached hydrogen (secondary N) is 1. The van der Waals surface area contributed by atoms with E-state index in [4.69, 9.17) is 4.52 Å². The Kier molecular flexibility index (Phi) is 2.80. The van der Waals surface area contributed by atoms with Gasteiger partial charge in [0.25, 0.3) is 0 Å². The third-order valence-corrected chi connectivity index (χ3v) is 4.16. The molecule has 2 aliphatic rings. The second-order valence-electron chi connectivity index (χ2n) is 5.38. The molecule has 3 rings (SSSR count). The van der Waals surface area contributed by atoms with Gasteiger partial charge in [0.1, 0.15) is 23.5 Å². The van der Waals surface area contributed by atoms with Gasteiger partial charge in [0.05, 0.1) is 6.54 Å². The minimum atomic E-state index is -0.673. The van der Waals surface area contributed by atoms with Gasteiger partial charge in [-0.1, -0.05) is 18.0 Å². The molecule has 1 saturated carbocycles. The quantitative estimate of drug-likeness (QED) is 0.857. The molecule has 2 heterocycles. The van der Waals surface area contributed by atoms with E-state index in [1.54, 1.807) is 17.9 Å². The topological polar surface area (TPSA) is 75.4 Å². The summed E-state index contributed by atoms with van der Waals surface area (Å²) in [6, 6.07) is 1.25. The standard InChI is InChI=1S/C13H17N3O3/c1-9-11(17)14-13(5-2-3-6-13)12(18)16(9)8-10-4-7-19-15-10/h4,7,9H,2-3,5-6,8H2,1H3,(H,14,17). The van der Waals surface area contributed by atoms with Gasteiger partial charge in [0.15, 0.2) is 0 Å². The van der Waals surface area contributed by atoms with Gasteiger partial charge in [-0.2, -0.15) is 0 Å². The van der Waals surface area contributed by atoms with Crippen LogP contribution in [0.2, 0.25) is 0 Å². The van der Waals surface area contributed by atoms with Crippen LogP contribution in [0.4, 0.5) is 0 Å². The fourth-order valence-corrected chi connectivity index (χ4v) is 3.01. The summed E-state index contributed by atoms with van der Waals surface area (Å²) in [7, 11) is 0. The summed E-state index contributed by atoms with van der Waals surface area (Å²) in [6.45, 7) is 2.07. The van der Waals surface area contributed by atoms with E-state index in [1.807, 2.05) is 0 Å². The molecular weight excluding hydrogens is 246 g/mol. The highest BCUT2D eigenvalue weighted by Crippen LogP contribution is 2.35. The molecule has 1 atom stereocenters. The Morgan fingerprint density at radius 3 is 2.84 bits per heavy atom. The summed E-state index contributed by atoms with van der Waals surface area (Å²) in [5.41, 5.74) is -0.00380. The number of nitrogens with zero attached hydrogens (tertiary/aromatic N) is 2. The minimum absolute atomic E-state index is 0.0140. The van der Waals surface area contributed by atoms with E-state index in [9.17, 15) is 9.59 Å². The Morgan fingerprint density at radius 2 is 2.21 bits per heavy atom. The first kappa shape index (κ1) is 12.2. The van der Waals surface area contributed by atoms with Crippen LogP contribution in [0.25, 0.3) is 0 Å². The van der Waals surface area contributed by atoms with Gasteiger partial charge in [-0.15, -0.1) is 0 Å². The normalized spacial score (nSPS) is 25.9. The van der Waals surface area contributed by atoms with Crippen LogP contribution in [0.15, 0.2) is 16.9 Å². The molecule has 102 valence electrons. The lowest BCUT2D eigenvalue weighted by Crippen LogP contribution is -2.68. The summed E-state index contributed by atoms with van der Waals surface area (Å²) in [5.74, 6) is -0.0647. The molecule has 1 aromatic heterocycles. The van der Waals surface area contributed by atoms with Gasteiger partial charge < -0.3 is 14.7 Å². The lowest BCUT2D eigenvalue weighted by Gasteiger charge is -2.43. The Morgan fingerprint density at radius 1 is 1.47 bits per heavy atom. The van der Waals surface area contributed by atoms with E-state index in [2.05, 4.69) is 10.5 Å². The first-order chi connectivity index (χ1) is 9.12. The summed E-state index contributed by atoms with van der Waals surface area (Å²) in [6.07, 6.45) is 4.91. The van der Waals surface area contributed by atoms with E-state index in [1.165, 1.54) is 6.26 Å². The second-order valence-corrected chi connectivity index (χ2v) is 5.38. The van der Waals surface area contributed by atoms with Crippen molar-refractivity contribution < 1.29 is 14.1 Å². The SMILES string of the molecule is CC1C(=O)NC2(CCCC2)C(=O)N1Cc1ccon1. The molecular formula is C13H17N3O3. The number of piperazine rings is 1. The third kappa shape index (κ3) is 1.91. The molecule has 0 radical (unpaired) electrons. The molecule has 6 heteroatoms. The monoisotopic (exact) mass is 263 g/mol. The maximum absolute atomic E-state index is 12.7. The molecule has 19 heavy (non-hydrogen) atoms. The highest BCUT2D eigenvalue weighted by molar-refractivity contribution is 5.99. The van der Waals surface area contributed by atoms with Crippen molar-refractivity contribution in [1.82, 2.24) is 15.4 Å². The van der Waals surface area contributed by atoms with Crippen molar-refractivity contribution in [2.75, 3.05) is 0 Å². The predicted octanol–water partition coefficient (Wildman–Crippen LogP) is 0.834. The average Bonchev–Trinajstić information content (AvgIpc) is 3.04. The van der Waals surface area contributed by atoms with Crippen LogP contribution in [0.3, 0.4) is 0 Å². The second kappa shape index (κ2) is 4.36. The maximum atomic E-state index is 12.7. The number of rotatable bonds is 2. The fourth-order valence-electron chi connectivity index (χ4n) is 3.01. The number of aromatic nitrogens is 1. The molecule has 1 saturated heterocycles. The van der Waals surface area contributed by atoms with Gasteiger partial charge in [0.2, 0.25) is 11.8 Å². The van der Waals surface area contributed by atoms with Gasteiger partial charge >= 0.3 is 0 Å². The van der Waals surface area contributed by atoms with Crippen LogP contribution in [0.5, 0.6) is 0 Å². The maximum Gasteiger partial charge on any atom is 0.249 e. The molecule has 1 aliphatic carbocycles. The molecule has 1 unspecified atom stereocenters. The number of carbonyl (C=O) groups excluding carboxylic acids is 2. The van der Waals surface area contributed by atoms with Crippen LogP contribution in [-0.4, -0.2) is 33.5 Å². The third-order valence-electron chi connectivity index (χ3n) is 4.16. The highest BCUT2D eigenvalue weighted by atomic mass is 16.5. The Balaban J connectivity index is 1.87. The van der Waals surface area contributed by atoms with E-state index < -0.39 is 11.6 Å². The number of amides is 2. The zero-order valence-corrected chi connectivity index (χ0v) is 10.9.